The van der Waals surface area contributed by atoms with E-state index in [0.29, 0.717) is 35.5 Å². The van der Waals surface area contributed by atoms with Crippen LogP contribution >= 0.6 is 0 Å². The molecule has 174 valence electrons. The average molecular weight is 466 g/mol. The second-order valence-electron chi connectivity index (χ2n) is 8.42. The van der Waals surface area contributed by atoms with E-state index in [1.165, 1.54) is 0 Å². The van der Waals surface area contributed by atoms with Gasteiger partial charge >= 0.3 is 0 Å². The van der Waals surface area contributed by atoms with E-state index in [1.807, 2.05) is 36.5 Å². The van der Waals surface area contributed by atoms with Gasteiger partial charge in [0.15, 0.2) is 6.29 Å². The molecule has 4 N–H and O–H groups in total. The van der Waals surface area contributed by atoms with Crippen LogP contribution in [0.3, 0.4) is 0 Å². The molecule has 0 unspecified atom stereocenters. The van der Waals surface area contributed by atoms with Gasteiger partial charge in [0.1, 0.15) is 0 Å². The third kappa shape index (κ3) is 4.06. The zero-order valence-corrected chi connectivity index (χ0v) is 18.8. The van der Waals surface area contributed by atoms with E-state index in [-0.39, 0.29) is 0 Å². The molecule has 4 aromatic rings. The van der Waals surface area contributed by atoms with E-state index in [0.717, 1.165) is 40.8 Å². The number of hydrogen-bond acceptors (Lipinski definition) is 5. The molecular formula is C27H23N5O3. The lowest BCUT2D eigenvalue weighted by Gasteiger charge is -2.31. The van der Waals surface area contributed by atoms with E-state index in [1.54, 1.807) is 41.1 Å². The number of carbonyl (C=O) groups is 3. The summed E-state index contributed by atoms with van der Waals surface area (Å²) in [6.07, 6.45) is 3.37. The largest absolute Gasteiger partial charge is 0.366 e. The van der Waals surface area contributed by atoms with Crippen molar-refractivity contribution >= 4 is 23.8 Å². The summed E-state index contributed by atoms with van der Waals surface area (Å²) in [6.45, 7) is 1.19. The molecule has 0 fully saturated rings. The van der Waals surface area contributed by atoms with Gasteiger partial charge in [0.25, 0.3) is 5.91 Å². The minimum Gasteiger partial charge on any atom is -0.366 e. The van der Waals surface area contributed by atoms with Gasteiger partial charge in [0.05, 0.1) is 29.7 Å². The highest BCUT2D eigenvalue weighted by atomic mass is 16.1. The number of hydrogen-bond donors (Lipinski definition) is 2. The Balaban J connectivity index is 1.52. The highest BCUT2D eigenvalue weighted by molar-refractivity contribution is 6.01. The van der Waals surface area contributed by atoms with Crippen LogP contribution in [0.5, 0.6) is 0 Å². The van der Waals surface area contributed by atoms with Crippen molar-refractivity contribution in [2.45, 2.75) is 13.0 Å². The monoisotopic (exact) mass is 465 g/mol. The molecule has 0 aliphatic carbocycles. The molecule has 1 aliphatic rings. The lowest BCUT2D eigenvalue weighted by molar-refractivity contribution is 0.0992. The van der Waals surface area contributed by atoms with Gasteiger partial charge in [-0.05, 0) is 53.4 Å². The maximum atomic E-state index is 12.5. The molecule has 5 rings (SSSR count). The summed E-state index contributed by atoms with van der Waals surface area (Å²) < 4.78 is 1.80. The molecule has 0 saturated heterocycles. The van der Waals surface area contributed by atoms with Crippen LogP contribution in [-0.2, 0) is 13.0 Å². The number of primary amides is 2. The molecule has 0 spiro atoms. The van der Waals surface area contributed by atoms with Crippen LogP contribution in [0.4, 0.5) is 5.69 Å². The number of nitrogens with two attached hydrogens (primary N) is 2. The zero-order chi connectivity index (χ0) is 24.5. The number of fused-ring (bicyclic) bond motifs is 1. The quantitative estimate of drug-likeness (QED) is 0.424. The second-order valence-corrected chi connectivity index (χ2v) is 8.42. The number of rotatable bonds is 6. The third-order valence-electron chi connectivity index (χ3n) is 6.32. The Kier molecular flexibility index (Phi) is 5.62. The number of carbonyl (C=O) groups excluding carboxylic acids is 3. The van der Waals surface area contributed by atoms with E-state index >= 15 is 0 Å². The van der Waals surface area contributed by atoms with E-state index < -0.39 is 11.8 Å². The molecule has 2 heterocycles. The number of anilines is 1. The number of amides is 2. The summed E-state index contributed by atoms with van der Waals surface area (Å²) >= 11 is 0. The standard InChI is InChI=1S/C27H23N5O3/c28-26(34)18-5-3-6-21(12-18)32-25-15-31(11-10-19(25)14-30-32)24-9-8-17(13-23(24)27(29)35)22-7-2-1-4-20(22)16-33/h1-9,12-14,16H,10-11,15H2,(H2,28,34)(H2,29,35). The first-order valence-electron chi connectivity index (χ1n) is 11.2. The van der Waals surface area contributed by atoms with Crippen molar-refractivity contribution in [1.82, 2.24) is 9.78 Å². The predicted octanol–water partition coefficient (Wildman–Crippen LogP) is 3.11. The number of nitrogens with zero attached hydrogens (tertiary/aromatic N) is 3. The van der Waals surface area contributed by atoms with Crippen LogP contribution in [0.1, 0.15) is 42.3 Å². The minimum absolute atomic E-state index is 0.383. The Hall–Kier alpha value is -4.72. The predicted molar refractivity (Wildman–Crippen MR) is 133 cm³/mol. The molecule has 0 saturated carbocycles. The van der Waals surface area contributed by atoms with Crippen LogP contribution in [0.2, 0.25) is 0 Å². The van der Waals surface area contributed by atoms with Crippen LogP contribution < -0.4 is 16.4 Å². The van der Waals surface area contributed by atoms with Crippen LogP contribution in [0.15, 0.2) is 72.9 Å². The van der Waals surface area contributed by atoms with Gasteiger partial charge in [-0.15, -0.1) is 0 Å². The van der Waals surface area contributed by atoms with Gasteiger partial charge in [-0.3, -0.25) is 14.4 Å². The molecule has 3 aromatic carbocycles. The molecular weight excluding hydrogens is 442 g/mol. The Morgan fingerprint density at radius 3 is 2.54 bits per heavy atom. The molecule has 0 radical (unpaired) electrons. The van der Waals surface area contributed by atoms with Crippen molar-refractivity contribution in [3.05, 3.63) is 101 Å². The fraction of sp³-hybridized carbons (Fsp3) is 0.111. The maximum Gasteiger partial charge on any atom is 0.250 e. The summed E-state index contributed by atoms with van der Waals surface area (Å²) in [4.78, 5) is 37.7. The molecule has 8 heteroatoms. The molecule has 0 bridgehead atoms. The first-order chi connectivity index (χ1) is 17.0. The summed E-state index contributed by atoms with van der Waals surface area (Å²) in [5.74, 6) is -1.05. The summed E-state index contributed by atoms with van der Waals surface area (Å²) in [7, 11) is 0. The molecule has 1 aliphatic heterocycles. The highest BCUT2D eigenvalue weighted by Gasteiger charge is 2.25. The number of benzene rings is 3. The molecule has 8 nitrogen and oxygen atoms in total. The number of aldehydes is 1. The van der Waals surface area contributed by atoms with Gasteiger partial charge in [0.2, 0.25) is 5.91 Å². The Labute approximate surface area is 201 Å². The first kappa shape index (κ1) is 22.1. The summed E-state index contributed by atoms with van der Waals surface area (Å²) in [6, 6.07) is 19.7. The second kappa shape index (κ2) is 8.90. The van der Waals surface area contributed by atoms with Gasteiger partial charge in [-0.25, -0.2) is 4.68 Å². The zero-order valence-electron chi connectivity index (χ0n) is 18.8. The van der Waals surface area contributed by atoms with Crippen molar-refractivity contribution in [3.8, 4) is 16.8 Å². The Morgan fingerprint density at radius 2 is 1.77 bits per heavy atom. The molecule has 35 heavy (non-hydrogen) atoms. The van der Waals surface area contributed by atoms with Crippen molar-refractivity contribution < 1.29 is 14.4 Å². The average Bonchev–Trinajstić information content (AvgIpc) is 3.31. The molecule has 0 atom stereocenters. The third-order valence-corrected chi connectivity index (χ3v) is 6.32. The summed E-state index contributed by atoms with van der Waals surface area (Å²) in [5, 5.41) is 4.54. The minimum atomic E-state index is -0.543. The number of aromatic nitrogens is 2. The van der Waals surface area contributed by atoms with Gasteiger partial charge in [0, 0.05) is 23.4 Å². The van der Waals surface area contributed by atoms with Gasteiger partial charge in [-0.2, -0.15) is 5.10 Å². The lowest BCUT2D eigenvalue weighted by atomic mass is 9.96. The molecule has 2 amide bonds. The fourth-order valence-corrected chi connectivity index (χ4v) is 4.56. The van der Waals surface area contributed by atoms with Gasteiger partial charge < -0.3 is 16.4 Å². The van der Waals surface area contributed by atoms with E-state index in [4.69, 9.17) is 11.5 Å². The highest BCUT2D eigenvalue weighted by Crippen LogP contribution is 2.32. The normalized spacial score (nSPS) is 12.7. The topological polar surface area (TPSA) is 124 Å². The van der Waals surface area contributed by atoms with Crippen LogP contribution in [0, 0.1) is 0 Å². The van der Waals surface area contributed by atoms with Crippen molar-refractivity contribution in [1.29, 1.82) is 0 Å². The summed E-state index contributed by atoms with van der Waals surface area (Å²) in [5.41, 5.74) is 17.6. The smallest absolute Gasteiger partial charge is 0.250 e. The van der Waals surface area contributed by atoms with Crippen molar-refractivity contribution in [2.75, 3.05) is 11.4 Å². The van der Waals surface area contributed by atoms with Crippen molar-refractivity contribution in [2.24, 2.45) is 11.5 Å². The lowest BCUT2D eigenvalue weighted by Crippen LogP contribution is -2.33. The van der Waals surface area contributed by atoms with Crippen LogP contribution in [-0.4, -0.2) is 34.4 Å². The Morgan fingerprint density at radius 1 is 0.943 bits per heavy atom. The van der Waals surface area contributed by atoms with E-state index in [9.17, 15) is 14.4 Å². The molecule has 1 aromatic heterocycles. The maximum absolute atomic E-state index is 12.5. The first-order valence-corrected chi connectivity index (χ1v) is 11.2. The fourth-order valence-electron chi connectivity index (χ4n) is 4.56. The van der Waals surface area contributed by atoms with Gasteiger partial charge in [-0.1, -0.05) is 36.4 Å². The van der Waals surface area contributed by atoms with Crippen LogP contribution in [0.25, 0.3) is 16.8 Å². The Bertz CT molecular complexity index is 1470. The SMILES string of the molecule is NC(=O)c1cccc(-n2ncc3c2CN(c2ccc(-c4ccccc4C=O)cc2C(N)=O)CC3)c1. The van der Waals surface area contributed by atoms with Crippen molar-refractivity contribution in [3.63, 3.8) is 0 Å². The van der Waals surface area contributed by atoms with E-state index in [2.05, 4.69) is 10.00 Å².